The first-order chi connectivity index (χ1) is 7.70. The molecule has 0 saturated heterocycles. The monoisotopic (exact) mass is 219 g/mol. The number of hydrogen-bond acceptors (Lipinski definition) is 4. The SMILES string of the molecule is Nc1ccc(-c2ccc([C@@H](O)CO)o2)cc1. The van der Waals surface area contributed by atoms with E-state index in [2.05, 4.69) is 0 Å². The van der Waals surface area contributed by atoms with Crippen molar-refractivity contribution in [3.05, 3.63) is 42.2 Å². The second-order valence-electron chi connectivity index (χ2n) is 3.52. The van der Waals surface area contributed by atoms with E-state index in [9.17, 15) is 5.11 Å². The van der Waals surface area contributed by atoms with Gasteiger partial charge in [0.25, 0.3) is 0 Å². The summed E-state index contributed by atoms with van der Waals surface area (Å²) in [6.45, 7) is -0.352. The number of aliphatic hydroxyl groups is 2. The molecule has 84 valence electrons. The molecule has 0 bridgehead atoms. The van der Waals surface area contributed by atoms with Crippen molar-refractivity contribution in [3.63, 3.8) is 0 Å². The summed E-state index contributed by atoms with van der Waals surface area (Å²) in [6, 6.07) is 10.6. The van der Waals surface area contributed by atoms with Crippen LogP contribution in [0, 0.1) is 0 Å². The fourth-order valence-electron chi connectivity index (χ4n) is 1.42. The summed E-state index contributed by atoms with van der Waals surface area (Å²) in [4.78, 5) is 0. The molecule has 0 spiro atoms. The molecule has 2 aromatic rings. The smallest absolute Gasteiger partial charge is 0.135 e. The van der Waals surface area contributed by atoms with Crippen molar-refractivity contribution in [2.45, 2.75) is 6.10 Å². The third-order valence-electron chi connectivity index (χ3n) is 2.32. The third kappa shape index (κ3) is 2.08. The predicted octanol–water partition coefficient (Wildman–Crippen LogP) is 1.55. The summed E-state index contributed by atoms with van der Waals surface area (Å²) in [5, 5.41) is 18.1. The predicted molar refractivity (Wildman–Crippen MR) is 60.6 cm³/mol. The number of benzene rings is 1. The van der Waals surface area contributed by atoms with Gasteiger partial charge in [-0.15, -0.1) is 0 Å². The van der Waals surface area contributed by atoms with Crippen LogP contribution in [-0.2, 0) is 0 Å². The molecule has 4 nitrogen and oxygen atoms in total. The second-order valence-corrected chi connectivity index (χ2v) is 3.52. The number of furan rings is 1. The first-order valence-electron chi connectivity index (χ1n) is 4.95. The van der Waals surface area contributed by atoms with Crippen molar-refractivity contribution in [1.29, 1.82) is 0 Å². The summed E-state index contributed by atoms with van der Waals surface area (Å²) in [5.74, 6) is 0.997. The van der Waals surface area contributed by atoms with Crippen molar-refractivity contribution < 1.29 is 14.6 Å². The Morgan fingerprint density at radius 3 is 2.44 bits per heavy atom. The lowest BCUT2D eigenvalue weighted by molar-refractivity contribution is 0.0781. The lowest BCUT2D eigenvalue weighted by Gasteiger charge is -2.02. The minimum atomic E-state index is -0.970. The number of nitrogen functional groups attached to an aromatic ring is 1. The Balaban J connectivity index is 2.28. The Labute approximate surface area is 92.9 Å². The van der Waals surface area contributed by atoms with Crippen molar-refractivity contribution >= 4 is 5.69 Å². The van der Waals surface area contributed by atoms with E-state index in [1.165, 1.54) is 0 Å². The minimum absolute atomic E-state index is 0.352. The summed E-state index contributed by atoms with van der Waals surface area (Å²) in [6.07, 6.45) is -0.970. The molecule has 0 aliphatic carbocycles. The van der Waals surface area contributed by atoms with Gasteiger partial charge in [-0.1, -0.05) is 0 Å². The van der Waals surface area contributed by atoms with Crippen LogP contribution in [-0.4, -0.2) is 16.8 Å². The number of rotatable bonds is 3. The molecule has 4 heteroatoms. The Kier molecular flexibility index (Phi) is 2.94. The summed E-state index contributed by atoms with van der Waals surface area (Å²) >= 11 is 0. The third-order valence-corrected chi connectivity index (χ3v) is 2.32. The van der Waals surface area contributed by atoms with E-state index < -0.39 is 6.10 Å². The van der Waals surface area contributed by atoms with Crippen molar-refractivity contribution in [1.82, 2.24) is 0 Å². The van der Waals surface area contributed by atoms with Crippen molar-refractivity contribution in [2.24, 2.45) is 0 Å². The van der Waals surface area contributed by atoms with Crippen LogP contribution < -0.4 is 5.73 Å². The highest BCUT2D eigenvalue weighted by Crippen LogP contribution is 2.25. The minimum Gasteiger partial charge on any atom is -0.458 e. The van der Waals surface area contributed by atoms with Crippen LogP contribution in [0.25, 0.3) is 11.3 Å². The van der Waals surface area contributed by atoms with Crippen molar-refractivity contribution in [2.75, 3.05) is 12.3 Å². The number of hydrogen-bond donors (Lipinski definition) is 3. The van der Waals surface area contributed by atoms with Gasteiger partial charge < -0.3 is 20.4 Å². The van der Waals surface area contributed by atoms with E-state index in [0.717, 1.165) is 5.56 Å². The molecular formula is C12H13NO3. The van der Waals surface area contributed by atoms with Crippen LogP contribution in [0.5, 0.6) is 0 Å². The molecule has 1 aromatic carbocycles. The Bertz CT molecular complexity index is 461. The molecule has 1 aromatic heterocycles. The molecule has 0 fully saturated rings. The maximum atomic E-state index is 9.37. The van der Waals surface area contributed by atoms with Crippen LogP contribution in [0.1, 0.15) is 11.9 Å². The molecule has 0 unspecified atom stereocenters. The van der Waals surface area contributed by atoms with Gasteiger partial charge in [0.15, 0.2) is 0 Å². The molecule has 16 heavy (non-hydrogen) atoms. The average Bonchev–Trinajstić information content (AvgIpc) is 2.78. The fraction of sp³-hybridized carbons (Fsp3) is 0.167. The largest absolute Gasteiger partial charge is 0.458 e. The molecular weight excluding hydrogens is 206 g/mol. The maximum Gasteiger partial charge on any atom is 0.135 e. The number of anilines is 1. The molecule has 0 radical (unpaired) electrons. The highest BCUT2D eigenvalue weighted by atomic mass is 16.4. The van der Waals surface area contributed by atoms with Crippen molar-refractivity contribution in [3.8, 4) is 11.3 Å². The summed E-state index contributed by atoms with van der Waals surface area (Å²) < 4.78 is 5.41. The standard InChI is InChI=1S/C12H13NO3/c13-9-3-1-8(2-4-9)11-5-6-12(16-11)10(15)7-14/h1-6,10,14-15H,7,13H2/t10-/m0/s1. The van der Waals surface area contributed by atoms with Gasteiger partial charge in [-0.2, -0.15) is 0 Å². The molecule has 1 heterocycles. The van der Waals surface area contributed by atoms with E-state index >= 15 is 0 Å². The molecule has 0 aliphatic rings. The molecule has 4 N–H and O–H groups in total. The summed E-state index contributed by atoms with van der Waals surface area (Å²) in [7, 11) is 0. The van der Waals surface area contributed by atoms with Crippen LogP contribution >= 0.6 is 0 Å². The normalized spacial score (nSPS) is 12.6. The quantitative estimate of drug-likeness (QED) is 0.684. The Morgan fingerprint density at radius 2 is 1.81 bits per heavy atom. The van der Waals surface area contributed by atoms with Gasteiger partial charge in [0.1, 0.15) is 17.6 Å². The van der Waals surface area contributed by atoms with Gasteiger partial charge in [-0.25, -0.2) is 0 Å². The molecule has 0 saturated carbocycles. The van der Waals surface area contributed by atoms with Gasteiger partial charge in [0.05, 0.1) is 6.61 Å². The van der Waals surface area contributed by atoms with E-state index in [1.54, 1.807) is 24.3 Å². The van der Waals surface area contributed by atoms with E-state index in [1.807, 2.05) is 12.1 Å². The van der Waals surface area contributed by atoms with Crippen LogP contribution in [0.3, 0.4) is 0 Å². The zero-order chi connectivity index (χ0) is 11.5. The first kappa shape index (κ1) is 10.7. The van der Waals surface area contributed by atoms with Gasteiger partial charge in [-0.05, 0) is 36.4 Å². The highest BCUT2D eigenvalue weighted by Gasteiger charge is 2.11. The molecule has 1 atom stereocenters. The van der Waals surface area contributed by atoms with Gasteiger partial charge in [0, 0.05) is 11.3 Å². The van der Waals surface area contributed by atoms with Gasteiger partial charge >= 0.3 is 0 Å². The molecule has 2 rings (SSSR count). The number of aliphatic hydroxyl groups excluding tert-OH is 2. The zero-order valence-corrected chi connectivity index (χ0v) is 8.63. The topological polar surface area (TPSA) is 79.6 Å². The fourth-order valence-corrected chi connectivity index (χ4v) is 1.42. The van der Waals surface area contributed by atoms with Gasteiger partial charge in [0.2, 0.25) is 0 Å². The average molecular weight is 219 g/mol. The van der Waals surface area contributed by atoms with Crippen LogP contribution in [0.15, 0.2) is 40.8 Å². The molecule has 0 amide bonds. The maximum absolute atomic E-state index is 9.37. The van der Waals surface area contributed by atoms with E-state index in [0.29, 0.717) is 17.2 Å². The molecule has 0 aliphatic heterocycles. The second kappa shape index (κ2) is 4.38. The summed E-state index contributed by atoms with van der Waals surface area (Å²) in [5.41, 5.74) is 7.14. The van der Waals surface area contributed by atoms with Gasteiger partial charge in [-0.3, -0.25) is 0 Å². The number of nitrogens with two attached hydrogens (primary N) is 1. The van der Waals surface area contributed by atoms with Crippen LogP contribution in [0.2, 0.25) is 0 Å². The Hall–Kier alpha value is -1.78. The van der Waals surface area contributed by atoms with E-state index in [-0.39, 0.29) is 6.61 Å². The Morgan fingerprint density at radius 1 is 1.12 bits per heavy atom. The lowest BCUT2D eigenvalue weighted by Crippen LogP contribution is -1.99. The van der Waals surface area contributed by atoms with E-state index in [4.69, 9.17) is 15.3 Å². The highest BCUT2D eigenvalue weighted by molar-refractivity contribution is 5.60. The lowest BCUT2D eigenvalue weighted by atomic mass is 10.1. The zero-order valence-electron chi connectivity index (χ0n) is 8.63. The van der Waals surface area contributed by atoms with Crippen LogP contribution in [0.4, 0.5) is 5.69 Å². The first-order valence-corrected chi connectivity index (χ1v) is 4.95.